The molecule has 1 aromatic rings. The van der Waals surface area contributed by atoms with E-state index in [2.05, 4.69) is 27.4 Å². The van der Waals surface area contributed by atoms with Crippen LogP contribution in [0.1, 0.15) is 31.9 Å². The van der Waals surface area contributed by atoms with Gasteiger partial charge >= 0.3 is 0 Å². The Balaban J connectivity index is 0.00000208. The standard InChI is InChI=1S/C18H28N4O.ClH/c1-14-5-3-7-16(20-14)21-17(23)15-6-4-10-22(11-15)13-18(2)8-9-19-12-18;/h3,5,7,15,19H,4,6,8-13H2,1-2H3,(H,20,21,23);1H. The van der Waals surface area contributed by atoms with Crippen molar-refractivity contribution in [2.24, 2.45) is 11.3 Å². The van der Waals surface area contributed by atoms with Crippen LogP contribution in [0, 0.1) is 18.3 Å². The maximum Gasteiger partial charge on any atom is 0.229 e. The highest BCUT2D eigenvalue weighted by atomic mass is 35.5. The molecule has 0 aliphatic carbocycles. The Morgan fingerprint density at radius 1 is 1.50 bits per heavy atom. The van der Waals surface area contributed by atoms with Crippen molar-refractivity contribution in [1.82, 2.24) is 15.2 Å². The predicted octanol–water partition coefficient (Wildman–Crippen LogP) is 2.46. The Hall–Kier alpha value is -1.17. The van der Waals surface area contributed by atoms with Gasteiger partial charge in [0.2, 0.25) is 5.91 Å². The van der Waals surface area contributed by atoms with Gasteiger partial charge in [-0.3, -0.25) is 4.79 Å². The van der Waals surface area contributed by atoms with Crippen LogP contribution in [0.2, 0.25) is 0 Å². The van der Waals surface area contributed by atoms with Gasteiger partial charge in [-0.1, -0.05) is 13.0 Å². The van der Waals surface area contributed by atoms with Crippen LogP contribution in [0.5, 0.6) is 0 Å². The SMILES string of the molecule is Cc1cccc(NC(=O)C2CCCN(CC3(C)CCNC3)C2)n1.Cl. The zero-order chi connectivity index (χ0) is 16.3. The van der Waals surface area contributed by atoms with E-state index in [0.717, 1.165) is 51.3 Å². The van der Waals surface area contributed by atoms with Gasteiger partial charge in [-0.2, -0.15) is 0 Å². The summed E-state index contributed by atoms with van der Waals surface area (Å²) in [5, 5.41) is 6.45. The summed E-state index contributed by atoms with van der Waals surface area (Å²) < 4.78 is 0. The van der Waals surface area contributed by atoms with Crippen LogP contribution in [-0.2, 0) is 4.79 Å². The van der Waals surface area contributed by atoms with Crippen LogP contribution in [0.25, 0.3) is 0 Å². The molecular formula is C18H29ClN4O. The normalized spacial score (nSPS) is 27.5. The molecule has 2 atom stereocenters. The van der Waals surface area contributed by atoms with E-state index in [4.69, 9.17) is 0 Å². The quantitative estimate of drug-likeness (QED) is 0.874. The van der Waals surface area contributed by atoms with Gasteiger partial charge in [-0.05, 0) is 56.8 Å². The number of anilines is 1. The Morgan fingerprint density at radius 2 is 2.33 bits per heavy atom. The van der Waals surface area contributed by atoms with E-state index in [1.807, 2.05) is 25.1 Å². The number of hydrogen-bond acceptors (Lipinski definition) is 4. The zero-order valence-corrected chi connectivity index (χ0v) is 15.5. The summed E-state index contributed by atoms with van der Waals surface area (Å²) in [5.41, 5.74) is 1.28. The summed E-state index contributed by atoms with van der Waals surface area (Å²) in [4.78, 5) is 19.4. The molecule has 2 fully saturated rings. The van der Waals surface area contributed by atoms with Crippen molar-refractivity contribution in [3.63, 3.8) is 0 Å². The summed E-state index contributed by atoms with van der Waals surface area (Å²) in [6, 6.07) is 5.73. The molecular weight excluding hydrogens is 324 g/mol. The van der Waals surface area contributed by atoms with E-state index in [1.165, 1.54) is 6.42 Å². The van der Waals surface area contributed by atoms with E-state index >= 15 is 0 Å². The van der Waals surface area contributed by atoms with Crippen molar-refractivity contribution < 1.29 is 4.79 Å². The lowest BCUT2D eigenvalue weighted by Gasteiger charge is -2.37. The number of aryl methyl sites for hydroxylation is 1. The smallest absolute Gasteiger partial charge is 0.229 e. The van der Waals surface area contributed by atoms with Gasteiger partial charge in [-0.25, -0.2) is 4.98 Å². The molecule has 1 aromatic heterocycles. The third-order valence-electron chi connectivity index (χ3n) is 5.08. The molecule has 3 heterocycles. The van der Waals surface area contributed by atoms with Crippen molar-refractivity contribution in [3.05, 3.63) is 23.9 Å². The number of aromatic nitrogens is 1. The Morgan fingerprint density at radius 3 is 3.04 bits per heavy atom. The van der Waals surface area contributed by atoms with Gasteiger partial charge in [0.25, 0.3) is 0 Å². The average molecular weight is 353 g/mol. The number of halogens is 1. The molecule has 5 nitrogen and oxygen atoms in total. The van der Waals surface area contributed by atoms with Gasteiger partial charge in [0.1, 0.15) is 5.82 Å². The number of rotatable bonds is 4. The third-order valence-corrected chi connectivity index (χ3v) is 5.08. The van der Waals surface area contributed by atoms with Crippen LogP contribution in [0.3, 0.4) is 0 Å². The Kier molecular flexibility index (Phi) is 6.61. The molecule has 0 radical (unpaired) electrons. The molecule has 2 unspecified atom stereocenters. The molecule has 2 aliphatic rings. The number of pyridine rings is 1. The molecule has 0 aromatic carbocycles. The first-order valence-electron chi connectivity index (χ1n) is 8.72. The number of nitrogens with zero attached hydrogens (tertiary/aromatic N) is 2. The van der Waals surface area contributed by atoms with Gasteiger partial charge in [-0.15, -0.1) is 12.4 Å². The molecule has 3 rings (SSSR count). The number of hydrogen-bond donors (Lipinski definition) is 2. The highest BCUT2D eigenvalue weighted by Gasteiger charge is 2.33. The number of likely N-dealkylation sites (tertiary alicyclic amines) is 1. The largest absolute Gasteiger partial charge is 0.316 e. The van der Waals surface area contributed by atoms with Crippen molar-refractivity contribution >= 4 is 24.1 Å². The van der Waals surface area contributed by atoms with Gasteiger partial charge in [0.15, 0.2) is 0 Å². The number of amides is 1. The van der Waals surface area contributed by atoms with E-state index in [0.29, 0.717) is 11.2 Å². The summed E-state index contributed by atoms with van der Waals surface area (Å²) in [7, 11) is 0. The Bertz CT molecular complexity index is 560. The molecule has 24 heavy (non-hydrogen) atoms. The lowest BCUT2D eigenvalue weighted by Crippen LogP contribution is -2.45. The minimum atomic E-state index is 0. The van der Waals surface area contributed by atoms with Crippen molar-refractivity contribution in [1.29, 1.82) is 0 Å². The molecule has 0 saturated carbocycles. The van der Waals surface area contributed by atoms with Gasteiger partial charge in [0.05, 0.1) is 5.92 Å². The second kappa shape index (κ2) is 8.28. The number of piperidine rings is 1. The molecule has 6 heteroatoms. The van der Waals surface area contributed by atoms with Crippen molar-refractivity contribution in [2.75, 3.05) is 38.0 Å². The van der Waals surface area contributed by atoms with Gasteiger partial charge in [0, 0.05) is 25.3 Å². The lowest BCUT2D eigenvalue weighted by atomic mass is 9.87. The lowest BCUT2D eigenvalue weighted by molar-refractivity contribution is -0.121. The summed E-state index contributed by atoms with van der Waals surface area (Å²) >= 11 is 0. The van der Waals surface area contributed by atoms with E-state index in [1.54, 1.807) is 0 Å². The second-order valence-corrected chi connectivity index (χ2v) is 7.47. The van der Waals surface area contributed by atoms with Crippen molar-refractivity contribution in [3.8, 4) is 0 Å². The minimum Gasteiger partial charge on any atom is -0.316 e. The molecule has 2 N–H and O–H groups in total. The van der Waals surface area contributed by atoms with Crippen LogP contribution >= 0.6 is 12.4 Å². The fourth-order valence-corrected chi connectivity index (χ4v) is 3.80. The first-order valence-corrected chi connectivity index (χ1v) is 8.72. The van der Waals surface area contributed by atoms with Crippen LogP contribution in [0.4, 0.5) is 5.82 Å². The second-order valence-electron chi connectivity index (χ2n) is 7.47. The molecule has 0 bridgehead atoms. The predicted molar refractivity (Wildman–Crippen MR) is 99.6 cm³/mol. The third kappa shape index (κ3) is 4.91. The summed E-state index contributed by atoms with van der Waals surface area (Å²) in [6.45, 7) is 9.57. The maximum absolute atomic E-state index is 12.6. The molecule has 1 amide bonds. The van der Waals surface area contributed by atoms with Crippen molar-refractivity contribution in [2.45, 2.75) is 33.1 Å². The molecule has 0 spiro atoms. The highest BCUT2D eigenvalue weighted by molar-refractivity contribution is 5.91. The van der Waals surface area contributed by atoms with Crippen LogP contribution in [-0.4, -0.2) is 48.5 Å². The first-order chi connectivity index (χ1) is 11.0. The zero-order valence-electron chi connectivity index (χ0n) is 14.7. The monoisotopic (exact) mass is 352 g/mol. The van der Waals surface area contributed by atoms with E-state index in [-0.39, 0.29) is 24.2 Å². The fourth-order valence-electron chi connectivity index (χ4n) is 3.80. The van der Waals surface area contributed by atoms with E-state index in [9.17, 15) is 4.79 Å². The molecule has 2 saturated heterocycles. The highest BCUT2D eigenvalue weighted by Crippen LogP contribution is 2.28. The average Bonchev–Trinajstić information content (AvgIpc) is 2.94. The van der Waals surface area contributed by atoms with Crippen LogP contribution < -0.4 is 10.6 Å². The number of carbonyl (C=O) groups is 1. The Labute approximate surface area is 151 Å². The molecule has 134 valence electrons. The van der Waals surface area contributed by atoms with Gasteiger partial charge < -0.3 is 15.5 Å². The summed E-state index contributed by atoms with van der Waals surface area (Å²) in [5.74, 6) is 0.852. The fraction of sp³-hybridized carbons (Fsp3) is 0.667. The number of carbonyl (C=O) groups excluding carboxylic acids is 1. The van der Waals surface area contributed by atoms with Crippen LogP contribution in [0.15, 0.2) is 18.2 Å². The molecule has 2 aliphatic heterocycles. The summed E-state index contributed by atoms with van der Waals surface area (Å²) in [6.07, 6.45) is 3.31. The number of nitrogens with one attached hydrogen (secondary N) is 2. The van der Waals surface area contributed by atoms with E-state index < -0.39 is 0 Å². The minimum absolute atomic E-state index is 0. The maximum atomic E-state index is 12.6. The topological polar surface area (TPSA) is 57.3 Å². The first kappa shape index (κ1) is 19.2.